The van der Waals surface area contributed by atoms with Gasteiger partial charge in [-0.2, -0.15) is 4.98 Å². The maximum Gasteiger partial charge on any atom is 0.246 e. The van der Waals surface area contributed by atoms with E-state index >= 15 is 0 Å². The molecule has 0 saturated heterocycles. The van der Waals surface area contributed by atoms with Gasteiger partial charge in [0.15, 0.2) is 25.4 Å². The number of Topliss-reactive ketones (excluding diaryl/α,β-unsaturated/α-hetero) is 1. The zero-order chi connectivity index (χ0) is 19.7. The molecule has 0 aliphatic heterocycles. The van der Waals surface area contributed by atoms with Crippen LogP contribution in [0.1, 0.15) is 37.2 Å². The van der Waals surface area contributed by atoms with Gasteiger partial charge < -0.3 is 9.30 Å². The number of carbonyl (C=O) groups excluding carboxylic acids is 1. The molecule has 7 nitrogen and oxygen atoms in total. The molecule has 2 heterocycles. The van der Waals surface area contributed by atoms with Gasteiger partial charge in [-0.1, -0.05) is 37.3 Å². The van der Waals surface area contributed by atoms with E-state index in [0.29, 0.717) is 42.3 Å². The number of benzene rings is 1. The molecule has 8 heteroatoms. The molecule has 0 spiro atoms. The Morgan fingerprint density at radius 1 is 1.25 bits per heavy atom. The fourth-order valence-electron chi connectivity index (χ4n) is 3.84. The Morgan fingerprint density at radius 3 is 2.71 bits per heavy atom. The number of hydrogen-bond acceptors (Lipinski definition) is 6. The van der Waals surface area contributed by atoms with Gasteiger partial charge in [0, 0.05) is 5.92 Å². The summed E-state index contributed by atoms with van der Waals surface area (Å²) in [4.78, 5) is 26.2. The van der Waals surface area contributed by atoms with Crippen molar-refractivity contribution < 1.29 is 14.1 Å². The third-order valence-electron chi connectivity index (χ3n) is 5.25. The van der Waals surface area contributed by atoms with Crippen LogP contribution < -0.4 is 4.74 Å². The van der Waals surface area contributed by atoms with Crippen LogP contribution in [0.5, 0.6) is 5.88 Å². The number of fused-ring (bicyclic) bond motifs is 1. The SMILES string of the molecule is CC[C@H]1C(=O)[C@@H](n2cnc3c(OCc4ccccc4)nc(C)nc32)C[C@@H]1P=O. The Hall–Kier alpha value is -2.66. The van der Waals surface area contributed by atoms with Gasteiger partial charge in [0.2, 0.25) is 5.88 Å². The van der Waals surface area contributed by atoms with Crippen molar-refractivity contribution in [2.24, 2.45) is 5.92 Å². The van der Waals surface area contributed by atoms with E-state index in [1.165, 1.54) is 0 Å². The lowest BCUT2D eigenvalue weighted by Gasteiger charge is -2.12. The van der Waals surface area contributed by atoms with E-state index in [1.54, 1.807) is 17.8 Å². The van der Waals surface area contributed by atoms with Crippen molar-refractivity contribution in [2.45, 2.75) is 45.0 Å². The summed E-state index contributed by atoms with van der Waals surface area (Å²) in [6, 6.07) is 9.42. The number of carbonyl (C=O) groups is 1. The van der Waals surface area contributed by atoms with Gasteiger partial charge in [0.1, 0.15) is 12.4 Å². The van der Waals surface area contributed by atoms with Crippen molar-refractivity contribution >= 4 is 25.4 Å². The Bertz CT molecular complexity index is 1020. The van der Waals surface area contributed by atoms with Crippen LogP contribution in [0, 0.1) is 12.8 Å². The number of ether oxygens (including phenoxy) is 1. The van der Waals surface area contributed by atoms with E-state index in [0.717, 1.165) is 5.56 Å². The minimum atomic E-state index is -0.405. The molecule has 0 bridgehead atoms. The second kappa shape index (κ2) is 7.76. The molecule has 2 aromatic heterocycles. The van der Waals surface area contributed by atoms with Crippen LogP contribution >= 0.6 is 8.46 Å². The monoisotopic (exact) mass is 396 g/mol. The molecule has 0 amide bonds. The summed E-state index contributed by atoms with van der Waals surface area (Å²) in [7, 11) is 0.0222. The fourth-order valence-corrected chi connectivity index (χ4v) is 4.63. The molecule has 0 unspecified atom stereocenters. The first-order chi connectivity index (χ1) is 13.6. The van der Waals surface area contributed by atoms with Gasteiger partial charge in [-0.15, -0.1) is 0 Å². The van der Waals surface area contributed by atoms with E-state index in [2.05, 4.69) is 15.0 Å². The van der Waals surface area contributed by atoms with Gasteiger partial charge in [0.05, 0.1) is 18.0 Å². The quantitative estimate of drug-likeness (QED) is 0.587. The molecule has 1 fully saturated rings. The number of rotatable bonds is 6. The molecule has 1 saturated carbocycles. The number of aryl methyl sites for hydroxylation is 1. The van der Waals surface area contributed by atoms with Crippen molar-refractivity contribution in [1.29, 1.82) is 0 Å². The van der Waals surface area contributed by atoms with Gasteiger partial charge in [0.25, 0.3) is 0 Å². The van der Waals surface area contributed by atoms with E-state index in [9.17, 15) is 9.36 Å². The van der Waals surface area contributed by atoms with E-state index in [4.69, 9.17) is 4.74 Å². The lowest BCUT2D eigenvalue weighted by molar-refractivity contribution is -0.123. The summed E-state index contributed by atoms with van der Waals surface area (Å²) in [5.74, 6) is 0.853. The van der Waals surface area contributed by atoms with Crippen molar-refractivity contribution in [3.63, 3.8) is 0 Å². The molecule has 1 aliphatic rings. The van der Waals surface area contributed by atoms with Crippen LogP contribution in [0.2, 0.25) is 0 Å². The third-order valence-corrected chi connectivity index (χ3v) is 6.10. The molecule has 3 atom stereocenters. The highest BCUT2D eigenvalue weighted by Gasteiger charge is 2.43. The van der Waals surface area contributed by atoms with Gasteiger partial charge in [-0.25, -0.2) is 9.97 Å². The van der Waals surface area contributed by atoms with Crippen molar-refractivity contribution in [2.75, 3.05) is 0 Å². The predicted molar refractivity (Wildman–Crippen MR) is 105 cm³/mol. The summed E-state index contributed by atoms with van der Waals surface area (Å²) in [5, 5.41) is 0. The van der Waals surface area contributed by atoms with E-state index < -0.39 is 6.04 Å². The minimum absolute atomic E-state index is 0.0222. The Kier molecular flexibility index (Phi) is 5.18. The first-order valence-corrected chi connectivity index (χ1v) is 10.2. The number of ketones is 1. The number of aromatic nitrogens is 4. The zero-order valence-corrected chi connectivity index (χ0v) is 16.7. The average Bonchev–Trinajstić information content (AvgIpc) is 3.26. The molecule has 0 radical (unpaired) electrons. The molecule has 1 aromatic carbocycles. The topological polar surface area (TPSA) is 87.0 Å². The highest BCUT2D eigenvalue weighted by molar-refractivity contribution is 7.24. The largest absolute Gasteiger partial charge is 0.471 e. The molecule has 144 valence electrons. The summed E-state index contributed by atoms with van der Waals surface area (Å²) in [6.45, 7) is 4.12. The third kappa shape index (κ3) is 3.31. The highest BCUT2D eigenvalue weighted by atomic mass is 31.1. The maximum atomic E-state index is 12.9. The molecule has 28 heavy (non-hydrogen) atoms. The molecular formula is C20H21N4O3P. The first kappa shape index (κ1) is 18.7. The summed E-state index contributed by atoms with van der Waals surface area (Å²) >= 11 is 0. The van der Waals surface area contributed by atoms with Crippen molar-refractivity contribution in [1.82, 2.24) is 19.5 Å². The smallest absolute Gasteiger partial charge is 0.246 e. The Labute approximate surface area is 164 Å². The summed E-state index contributed by atoms with van der Waals surface area (Å²) in [6.07, 6.45) is 2.83. The zero-order valence-electron chi connectivity index (χ0n) is 15.8. The predicted octanol–water partition coefficient (Wildman–Crippen LogP) is 3.91. The summed E-state index contributed by atoms with van der Waals surface area (Å²) < 4.78 is 19.2. The van der Waals surface area contributed by atoms with Crippen LogP contribution in [0.4, 0.5) is 0 Å². The minimum Gasteiger partial charge on any atom is -0.471 e. The number of imidazole rings is 1. The van der Waals surface area contributed by atoms with Gasteiger partial charge in [-0.05, 0) is 25.3 Å². The van der Waals surface area contributed by atoms with Crippen LogP contribution in [-0.2, 0) is 16.0 Å². The highest BCUT2D eigenvalue weighted by Crippen LogP contribution is 2.41. The molecule has 0 N–H and O–H groups in total. The van der Waals surface area contributed by atoms with Crippen LogP contribution in [0.25, 0.3) is 11.2 Å². The average molecular weight is 396 g/mol. The maximum absolute atomic E-state index is 12.9. The second-order valence-corrected chi connectivity index (χ2v) is 7.89. The van der Waals surface area contributed by atoms with Crippen LogP contribution in [0.3, 0.4) is 0 Å². The summed E-state index contributed by atoms with van der Waals surface area (Å²) in [5.41, 5.74) is 1.98. The van der Waals surface area contributed by atoms with Gasteiger partial charge >= 0.3 is 0 Å². The number of hydrogen-bond donors (Lipinski definition) is 0. The molecule has 4 rings (SSSR count). The first-order valence-electron chi connectivity index (χ1n) is 9.36. The molecular weight excluding hydrogens is 375 g/mol. The lowest BCUT2D eigenvalue weighted by Crippen LogP contribution is -2.19. The van der Waals surface area contributed by atoms with Crippen molar-refractivity contribution in [3.05, 3.63) is 48.0 Å². The van der Waals surface area contributed by atoms with Gasteiger partial charge in [-0.3, -0.25) is 9.36 Å². The van der Waals surface area contributed by atoms with Crippen LogP contribution in [0.15, 0.2) is 36.7 Å². The Morgan fingerprint density at radius 2 is 2.04 bits per heavy atom. The molecule has 3 aromatic rings. The normalized spacial score (nSPS) is 22.2. The standard InChI is InChI=1S/C20H21N4O3P/c1-3-14-16(28-26)9-15(18(14)25)24-11-21-17-19(24)22-12(2)23-20(17)27-10-13-7-5-4-6-8-13/h4-8,11,14-16H,3,9-10H2,1-2H3/t14-,15+,16+/m1/s1. The van der Waals surface area contributed by atoms with E-state index in [-0.39, 0.29) is 25.8 Å². The number of nitrogens with zero attached hydrogens (tertiary/aromatic N) is 4. The fraction of sp³-hybridized carbons (Fsp3) is 0.400. The molecule has 1 aliphatic carbocycles. The van der Waals surface area contributed by atoms with Crippen molar-refractivity contribution in [3.8, 4) is 5.88 Å². The lowest BCUT2D eigenvalue weighted by atomic mass is 10.0. The Balaban J connectivity index is 1.68. The second-order valence-electron chi connectivity index (χ2n) is 7.02. The van der Waals surface area contributed by atoms with Crippen LogP contribution in [-0.4, -0.2) is 31.0 Å². The van der Waals surface area contributed by atoms with E-state index in [1.807, 2.05) is 37.3 Å².